The van der Waals surface area contributed by atoms with Gasteiger partial charge in [0.25, 0.3) is 0 Å². The second-order valence-corrected chi connectivity index (χ2v) is 6.93. The summed E-state index contributed by atoms with van der Waals surface area (Å²) >= 11 is 0. The average molecular weight is 397 g/mol. The van der Waals surface area contributed by atoms with Crippen molar-refractivity contribution in [1.29, 1.82) is 0 Å². The van der Waals surface area contributed by atoms with Crippen LogP contribution in [0, 0.1) is 0 Å². The van der Waals surface area contributed by atoms with Gasteiger partial charge in [-0.05, 0) is 23.3 Å². The molecule has 1 aliphatic heterocycles. The molecule has 2 N–H and O–H groups in total. The lowest BCUT2D eigenvalue weighted by Crippen LogP contribution is -2.56. The summed E-state index contributed by atoms with van der Waals surface area (Å²) in [5.74, 6) is 1.04. The third kappa shape index (κ3) is 5.48. The van der Waals surface area contributed by atoms with Gasteiger partial charge in [-0.3, -0.25) is 14.5 Å². The van der Waals surface area contributed by atoms with Gasteiger partial charge >= 0.3 is 0 Å². The van der Waals surface area contributed by atoms with E-state index in [9.17, 15) is 9.59 Å². The number of nitrogens with zero attached hydrogens (tertiary/aromatic N) is 1. The number of nitrogens with one attached hydrogen (secondary N) is 2. The topological polar surface area (TPSA) is 79.9 Å². The molecular weight excluding hydrogens is 370 g/mol. The quantitative estimate of drug-likeness (QED) is 0.709. The minimum atomic E-state index is -0.507. The molecule has 0 unspecified atom stereocenters. The van der Waals surface area contributed by atoms with Crippen LogP contribution in [0.25, 0.3) is 0 Å². The van der Waals surface area contributed by atoms with Crippen LogP contribution < -0.4 is 20.1 Å². The Bertz CT molecular complexity index is 841. The van der Waals surface area contributed by atoms with Gasteiger partial charge in [0.2, 0.25) is 11.8 Å². The fourth-order valence-electron chi connectivity index (χ4n) is 3.43. The molecule has 3 rings (SSSR count). The largest absolute Gasteiger partial charge is 0.493 e. The first-order valence-corrected chi connectivity index (χ1v) is 9.64. The smallest absolute Gasteiger partial charge is 0.237 e. The van der Waals surface area contributed by atoms with Gasteiger partial charge in [0.05, 0.1) is 26.7 Å². The zero-order valence-corrected chi connectivity index (χ0v) is 16.8. The van der Waals surface area contributed by atoms with Crippen molar-refractivity contribution >= 4 is 11.8 Å². The Morgan fingerprint density at radius 3 is 2.59 bits per heavy atom. The Kier molecular flexibility index (Phi) is 7.08. The maximum atomic E-state index is 12.5. The van der Waals surface area contributed by atoms with Crippen LogP contribution in [0.15, 0.2) is 48.5 Å². The Labute approximate surface area is 171 Å². The third-order valence-corrected chi connectivity index (χ3v) is 4.99. The standard InChI is InChI=1S/C22H27N3O4/c1-28-19-9-8-17(12-20(19)29-2)15-25-11-10-23-22(27)18(25)13-21(26)24-14-16-6-4-3-5-7-16/h3-9,12,18H,10-11,13-15H2,1-2H3,(H,23,27)(H,24,26)/t18-/m0/s1. The SMILES string of the molecule is COc1ccc(CN2CCNC(=O)[C@@H]2CC(=O)NCc2ccccc2)cc1OC. The predicted octanol–water partition coefficient (Wildman–Crippen LogP) is 1.71. The Balaban J connectivity index is 1.64. The Hall–Kier alpha value is -3.06. The highest BCUT2D eigenvalue weighted by atomic mass is 16.5. The summed E-state index contributed by atoms with van der Waals surface area (Å²) in [5, 5.41) is 5.76. The van der Waals surface area contributed by atoms with Gasteiger partial charge in [0, 0.05) is 26.2 Å². The molecule has 2 amide bonds. The first-order valence-electron chi connectivity index (χ1n) is 9.64. The summed E-state index contributed by atoms with van der Waals surface area (Å²) in [7, 11) is 3.19. The van der Waals surface area contributed by atoms with Crippen LogP contribution >= 0.6 is 0 Å². The monoisotopic (exact) mass is 397 g/mol. The molecule has 0 spiro atoms. The first kappa shape index (κ1) is 20.7. The molecule has 1 fully saturated rings. The van der Waals surface area contributed by atoms with Crippen molar-refractivity contribution in [2.75, 3.05) is 27.3 Å². The first-order chi connectivity index (χ1) is 14.1. The maximum Gasteiger partial charge on any atom is 0.237 e. The van der Waals surface area contributed by atoms with E-state index in [0.717, 1.165) is 11.1 Å². The van der Waals surface area contributed by atoms with Crippen LogP contribution in [-0.4, -0.2) is 50.1 Å². The van der Waals surface area contributed by atoms with Gasteiger partial charge < -0.3 is 20.1 Å². The van der Waals surface area contributed by atoms with Crippen LogP contribution in [0.1, 0.15) is 17.5 Å². The molecule has 29 heavy (non-hydrogen) atoms. The average Bonchev–Trinajstić information content (AvgIpc) is 2.75. The highest BCUT2D eigenvalue weighted by molar-refractivity contribution is 5.88. The van der Waals surface area contributed by atoms with E-state index < -0.39 is 6.04 Å². The van der Waals surface area contributed by atoms with Gasteiger partial charge in [0.1, 0.15) is 0 Å². The lowest BCUT2D eigenvalue weighted by atomic mass is 10.1. The molecule has 1 aliphatic rings. The molecular formula is C22H27N3O4. The molecule has 2 aromatic rings. The lowest BCUT2D eigenvalue weighted by Gasteiger charge is -2.34. The van der Waals surface area contributed by atoms with Crippen molar-refractivity contribution in [3.05, 3.63) is 59.7 Å². The van der Waals surface area contributed by atoms with Crippen molar-refractivity contribution in [3.8, 4) is 11.5 Å². The summed E-state index contributed by atoms with van der Waals surface area (Å²) in [6.45, 7) is 2.24. The van der Waals surface area contributed by atoms with Crippen molar-refractivity contribution in [2.45, 2.75) is 25.6 Å². The molecule has 2 aromatic carbocycles. The second kappa shape index (κ2) is 9.93. The summed E-state index contributed by atoms with van der Waals surface area (Å²) in [5.41, 5.74) is 2.02. The van der Waals surface area contributed by atoms with Crippen LogP contribution in [0.4, 0.5) is 0 Å². The summed E-state index contributed by atoms with van der Waals surface area (Å²) in [4.78, 5) is 26.9. The van der Waals surface area contributed by atoms with Crippen LogP contribution in [0.2, 0.25) is 0 Å². The van der Waals surface area contributed by atoms with E-state index in [2.05, 4.69) is 10.6 Å². The van der Waals surface area contributed by atoms with Crippen molar-refractivity contribution in [1.82, 2.24) is 15.5 Å². The summed E-state index contributed by atoms with van der Waals surface area (Å²) in [6, 6.07) is 14.9. The molecule has 0 radical (unpaired) electrons. The molecule has 0 saturated carbocycles. The number of hydrogen-bond acceptors (Lipinski definition) is 5. The van der Waals surface area contributed by atoms with Crippen molar-refractivity contribution in [3.63, 3.8) is 0 Å². The molecule has 7 heteroatoms. The zero-order chi connectivity index (χ0) is 20.6. The minimum absolute atomic E-state index is 0.117. The number of methoxy groups -OCH3 is 2. The number of amides is 2. The highest BCUT2D eigenvalue weighted by Gasteiger charge is 2.31. The van der Waals surface area contributed by atoms with Crippen LogP contribution in [-0.2, 0) is 22.7 Å². The molecule has 0 aromatic heterocycles. The van der Waals surface area contributed by atoms with Crippen molar-refractivity contribution in [2.24, 2.45) is 0 Å². The van der Waals surface area contributed by atoms with Crippen LogP contribution in [0.5, 0.6) is 11.5 Å². The number of rotatable bonds is 8. The maximum absolute atomic E-state index is 12.5. The lowest BCUT2D eigenvalue weighted by molar-refractivity contribution is -0.134. The summed E-state index contributed by atoms with van der Waals surface area (Å²) < 4.78 is 10.6. The minimum Gasteiger partial charge on any atom is -0.493 e. The number of carbonyl (C=O) groups excluding carboxylic acids is 2. The van der Waals surface area contributed by atoms with Gasteiger partial charge in [-0.1, -0.05) is 36.4 Å². The number of hydrogen-bond donors (Lipinski definition) is 2. The fraction of sp³-hybridized carbons (Fsp3) is 0.364. The predicted molar refractivity (Wildman–Crippen MR) is 110 cm³/mol. The molecule has 1 heterocycles. The van der Waals surface area contributed by atoms with E-state index in [0.29, 0.717) is 37.7 Å². The highest BCUT2D eigenvalue weighted by Crippen LogP contribution is 2.28. The normalized spacial score (nSPS) is 16.8. The van der Waals surface area contributed by atoms with E-state index in [1.54, 1.807) is 14.2 Å². The zero-order valence-electron chi connectivity index (χ0n) is 16.8. The Morgan fingerprint density at radius 1 is 1.10 bits per heavy atom. The molecule has 1 saturated heterocycles. The van der Waals surface area contributed by atoms with E-state index in [4.69, 9.17) is 9.47 Å². The van der Waals surface area contributed by atoms with Gasteiger partial charge in [0.15, 0.2) is 11.5 Å². The molecule has 0 bridgehead atoms. The van der Waals surface area contributed by atoms with Gasteiger partial charge in [-0.15, -0.1) is 0 Å². The number of piperazine rings is 1. The fourth-order valence-corrected chi connectivity index (χ4v) is 3.43. The van der Waals surface area contributed by atoms with Gasteiger partial charge in [-0.25, -0.2) is 0 Å². The van der Waals surface area contributed by atoms with Crippen molar-refractivity contribution < 1.29 is 19.1 Å². The molecule has 7 nitrogen and oxygen atoms in total. The second-order valence-electron chi connectivity index (χ2n) is 6.93. The molecule has 154 valence electrons. The summed E-state index contributed by atoms with van der Waals surface area (Å²) in [6.07, 6.45) is 0.117. The molecule has 1 atom stereocenters. The number of benzene rings is 2. The van der Waals surface area contributed by atoms with E-state index in [-0.39, 0.29) is 18.2 Å². The van der Waals surface area contributed by atoms with E-state index >= 15 is 0 Å². The van der Waals surface area contributed by atoms with Gasteiger partial charge in [-0.2, -0.15) is 0 Å². The number of carbonyl (C=O) groups is 2. The number of ether oxygens (including phenoxy) is 2. The van der Waals surface area contributed by atoms with E-state index in [1.807, 2.05) is 53.4 Å². The molecule has 0 aliphatic carbocycles. The van der Waals surface area contributed by atoms with E-state index in [1.165, 1.54) is 0 Å². The Morgan fingerprint density at radius 2 is 1.86 bits per heavy atom. The van der Waals surface area contributed by atoms with Crippen LogP contribution in [0.3, 0.4) is 0 Å². The third-order valence-electron chi connectivity index (χ3n) is 4.99.